The molecule has 0 amide bonds. The Morgan fingerprint density at radius 1 is 1.04 bits per heavy atom. The van der Waals surface area contributed by atoms with Crippen molar-refractivity contribution in [2.24, 2.45) is 0 Å². The highest BCUT2D eigenvalue weighted by Crippen LogP contribution is 2.47. The van der Waals surface area contributed by atoms with Crippen LogP contribution in [0, 0.1) is 0 Å². The van der Waals surface area contributed by atoms with Crippen molar-refractivity contribution in [2.75, 3.05) is 7.11 Å². The highest BCUT2D eigenvalue weighted by Gasteiger charge is 2.26. The first-order chi connectivity index (χ1) is 11.2. The molecule has 2 nitrogen and oxygen atoms in total. The standard InChI is InChI=1S/C20H17BO2/c1-3-20(21,22-2)14-10-11-17-16(12-14)15-8-4-6-13-7-5-9-18(23-17)19(13)15/h3-12H,1,21H2,2H3. The molecule has 0 aliphatic carbocycles. The summed E-state index contributed by atoms with van der Waals surface area (Å²) in [6.07, 6.45) is 1.83. The van der Waals surface area contributed by atoms with E-state index in [0.29, 0.717) is 0 Å². The smallest absolute Gasteiger partial charge is 0.154 e. The summed E-state index contributed by atoms with van der Waals surface area (Å²) < 4.78 is 11.8. The van der Waals surface area contributed by atoms with E-state index >= 15 is 0 Å². The molecule has 0 N–H and O–H groups in total. The fourth-order valence-electron chi connectivity index (χ4n) is 3.19. The van der Waals surface area contributed by atoms with Gasteiger partial charge >= 0.3 is 0 Å². The quantitative estimate of drug-likeness (QED) is 0.416. The van der Waals surface area contributed by atoms with Gasteiger partial charge in [0.2, 0.25) is 0 Å². The Balaban J connectivity index is 2.00. The van der Waals surface area contributed by atoms with Crippen LogP contribution in [0.1, 0.15) is 5.56 Å². The van der Waals surface area contributed by atoms with Gasteiger partial charge in [-0.05, 0) is 34.7 Å². The van der Waals surface area contributed by atoms with Gasteiger partial charge in [0.15, 0.2) is 7.85 Å². The van der Waals surface area contributed by atoms with E-state index in [1.807, 2.05) is 38.2 Å². The van der Waals surface area contributed by atoms with E-state index in [1.165, 1.54) is 10.9 Å². The zero-order chi connectivity index (χ0) is 16.0. The first kappa shape index (κ1) is 14.1. The molecule has 0 radical (unpaired) electrons. The van der Waals surface area contributed by atoms with Crippen molar-refractivity contribution < 1.29 is 9.47 Å². The summed E-state index contributed by atoms with van der Waals surface area (Å²) in [4.78, 5) is 0. The van der Waals surface area contributed by atoms with Crippen LogP contribution in [0.25, 0.3) is 21.9 Å². The van der Waals surface area contributed by atoms with Gasteiger partial charge in [-0.3, -0.25) is 0 Å². The largest absolute Gasteiger partial charge is 0.456 e. The van der Waals surface area contributed by atoms with E-state index in [1.54, 1.807) is 7.11 Å². The predicted molar refractivity (Wildman–Crippen MR) is 96.9 cm³/mol. The summed E-state index contributed by atoms with van der Waals surface area (Å²) in [5.41, 5.74) is 2.84. The summed E-state index contributed by atoms with van der Waals surface area (Å²) in [6.45, 7) is 3.91. The molecule has 0 aromatic heterocycles. The third-order valence-corrected chi connectivity index (χ3v) is 4.74. The highest BCUT2D eigenvalue weighted by molar-refractivity contribution is 6.16. The van der Waals surface area contributed by atoms with Gasteiger partial charge in [-0.15, -0.1) is 6.58 Å². The highest BCUT2D eigenvalue weighted by atomic mass is 16.5. The molecule has 0 saturated heterocycles. The number of benzene rings is 3. The second kappa shape index (κ2) is 5.00. The van der Waals surface area contributed by atoms with Gasteiger partial charge in [0, 0.05) is 18.1 Å². The molecule has 0 fully saturated rings. The molecular formula is C20H17BO2. The summed E-state index contributed by atoms with van der Waals surface area (Å²) >= 11 is 0. The van der Waals surface area contributed by atoms with E-state index in [2.05, 4.69) is 36.9 Å². The van der Waals surface area contributed by atoms with Crippen LogP contribution in [-0.2, 0) is 10.2 Å². The summed E-state index contributed by atoms with van der Waals surface area (Å²) in [6, 6.07) is 18.7. The fourth-order valence-corrected chi connectivity index (χ4v) is 3.19. The lowest BCUT2D eigenvalue weighted by molar-refractivity contribution is 0.103. The Kier molecular flexibility index (Phi) is 3.07. The van der Waals surface area contributed by atoms with Gasteiger partial charge in [0.05, 0.1) is 5.50 Å². The van der Waals surface area contributed by atoms with Crippen molar-refractivity contribution in [1.82, 2.24) is 0 Å². The third kappa shape index (κ3) is 2.01. The lowest BCUT2D eigenvalue weighted by Crippen LogP contribution is -2.25. The molecule has 1 heterocycles. The Labute approximate surface area is 136 Å². The Morgan fingerprint density at radius 3 is 2.57 bits per heavy atom. The number of hydrogen-bond acceptors (Lipinski definition) is 2. The number of hydrogen-bond donors (Lipinski definition) is 0. The van der Waals surface area contributed by atoms with Gasteiger partial charge in [-0.1, -0.05) is 42.5 Å². The minimum Gasteiger partial charge on any atom is -0.456 e. The lowest BCUT2D eigenvalue weighted by Gasteiger charge is -2.28. The first-order valence-corrected chi connectivity index (χ1v) is 7.69. The van der Waals surface area contributed by atoms with Crippen molar-refractivity contribution in [3.05, 3.63) is 72.8 Å². The molecule has 0 bridgehead atoms. The average molecular weight is 300 g/mol. The van der Waals surface area contributed by atoms with Crippen LogP contribution >= 0.6 is 0 Å². The molecule has 23 heavy (non-hydrogen) atoms. The molecule has 4 rings (SSSR count). The zero-order valence-corrected chi connectivity index (χ0v) is 13.3. The minimum absolute atomic E-state index is 0.514. The summed E-state index contributed by atoms with van der Waals surface area (Å²) in [5, 5.41) is 2.35. The second-order valence-corrected chi connectivity index (χ2v) is 5.99. The van der Waals surface area contributed by atoms with Crippen molar-refractivity contribution in [3.8, 4) is 22.6 Å². The molecule has 112 valence electrons. The van der Waals surface area contributed by atoms with E-state index in [9.17, 15) is 0 Å². The Hall–Kier alpha value is -2.52. The molecule has 0 saturated carbocycles. The van der Waals surface area contributed by atoms with Gasteiger partial charge in [-0.25, -0.2) is 0 Å². The summed E-state index contributed by atoms with van der Waals surface area (Å²) in [5.74, 6) is 1.79. The van der Waals surface area contributed by atoms with Crippen LogP contribution in [0.3, 0.4) is 0 Å². The van der Waals surface area contributed by atoms with Crippen LogP contribution in [0.4, 0.5) is 0 Å². The first-order valence-electron chi connectivity index (χ1n) is 7.69. The maximum Gasteiger partial charge on any atom is 0.154 e. The Bertz CT molecular complexity index is 927. The number of rotatable bonds is 3. The van der Waals surface area contributed by atoms with Crippen LogP contribution in [0.5, 0.6) is 11.5 Å². The van der Waals surface area contributed by atoms with E-state index in [0.717, 1.165) is 28.0 Å². The van der Waals surface area contributed by atoms with Crippen molar-refractivity contribution in [1.29, 1.82) is 0 Å². The monoisotopic (exact) mass is 300 g/mol. The molecule has 1 atom stereocenters. The van der Waals surface area contributed by atoms with Crippen LogP contribution in [0.15, 0.2) is 67.3 Å². The van der Waals surface area contributed by atoms with Gasteiger partial charge in [0.25, 0.3) is 0 Å². The minimum atomic E-state index is -0.514. The van der Waals surface area contributed by atoms with Crippen LogP contribution in [-0.4, -0.2) is 15.0 Å². The molecular weight excluding hydrogens is 283 g/mol. The topological polar surface area (TPSA) is 18.5 Å². The van der Waals surface area contributed by atoms with E-state index in [4.69, 9.17) is 9.47 Å². The van der Waals surface area contributed by atoms with Gasteiger partial charge in [0.1, 0.15) is 11.5 Å². The average Bonchev–Trinajstić information content (AvgIpc) is 2.61. The lowest BCUT2D eigenvalue weighted by atomic mass is 9.74. The van der Waals surface area contributed by atoms with Crippen LogP contribution in [0.2, 0.25) is 0 Å². The molecule has 1 aliphatic rings. The Morgan fingerprint density at radius 2 is 1.83 bits per heavy atom. The molecule has 0 spiro atoms. The number of fused-ring (bicyclic) bond motifs is 2. The third-order valence-electron chi connectivity index (χ3n) is 4.74. The normalized spacial score (nSPS) is 14.7. The predicted octanol–water partition coefficient (Wildman–Crippen LogP) is 4.23. The second-order valence-electron chi connectivity index (χ2n) is 5.99. The zero-order valence-electron chi connectivity index (χ0n) is 13.3. The molecule has 3 heteroatoms. The van der Waals surface area contributed by atoms with E-state index in [-0.39, 0.29) is 0 Å². The maximum absolute atomic E-state index is 6.12. The van der Waals surface area contributed by atoms with Crippen molar-refractivity contribution >= 4 is 18.6 Å². The van der Waals surface area contributed by atoms with Gasteiger partial charge < -0.3 is 9.47 Å². The molecule has 3 aromatic rings. The van der Waals surface area contributed by atoms with Gasteiger partial charge in [-0.2, -0.15) is 0 Å². The maximum atomic E-state index is 6.12. The molecule has 1 aliphatic heterocycles. The number of ether oxygens (including phenoxy) is 2. The van der Waals surface area contributed by atoms with Crippen molar-refractivity contribution in [2.45, 2.75) is 5.50 Å². The number of methoxy groups -OCH3 is 1. The van der Waals surface area contributed by atoms with Crippen LogP contribution < -0.4 is 4.74 Å². The van der Waals surface area contributed by atoms with E-state index < -0.39 is 5.50 Å². The molecule has 1 unspecified atom stereocenters. The molecule has 3 aromatic carbocycles. The fraction of sp³-hybridized carbons (Fsp3) is 0.100. The van der Waals surface area contributed by atoms with Crippen molar-refractivity contribution in [3.63, 3.8) is 0 Å². The SMILES string of the molecule is BC(C=C)(OC)c1ccc2c(c1)-c1cccc3cccc(c13)O2. The summed E-state index contributed by atoms with van der Waals surface area (Å²) in [7, 11) is 3.72.